The number of likely N-dealkylation sites (N-methyl/N-ethyl adjacent to an activating group) is 1. The number of rotatable bonds is 4. The van der Waals surface area contributed by atoms with E-state index in [9.17, 15) is 12.8 Å². The summed E-state index contributed by atoms with van der Waals surface area (Å²) in [4.78, 5) is -0.0419. The number of nitrogen functional groups attached to an aromatic ring is 1. The third-order valence-electron chi connectivity index (χ3n) is 3.47. The highest BCUT2D eigenvalue weighted by atomic mass is 79.9. The van der Waals surface area contributed by atoms with Crippen LogP contribution in [-0.2, 0) is 14.8 Å². The van der Waals surface area contributed by atoms with Crippen LogP contribution in [0.3, 0.4) is 0 Å². The molecule has 0 radical (unpaired) electrons. The Bertz CT molecular complexity index is 618. The molecule has 5 nitrogen and oxygen atoms in total. The van der Waals surface area contributed by atoms with Gasteiger partial charge < -0.3 is 10.5 Å². The van der Waals surface area contributed by atoms with Crippen molar-refractivity contribution in [3.05, 3.63) is 22.4 Å². The van der Waals surface area contributed by atoms with E-state index in [1.54, 1.807) is 0 Å². The van der Waals surface area contributed by atoms with Crippen molar-refractivity contribution in [1.82, 2.24) is 4.31 Å². The summed E-state index contributed by atoms with van der Waals surface area (Å²) in [5.74, 6) is -0.654. The lowest BCUT2D eigenvalue weighted by molar-refractivity contribution is 0.00858. The maximum absolute atomic E-state index is 13.3. The fraction of sp³-hybridized carbons (Fsp3) is 0.538. The van der Waals surface area contributed by atoms with Gasteiger partial charge in [0.2, 0.25) is 10.0 Å². The average molecular weight is 381 g/mol. The third kappa shape index (κ3) is 3.74. The molecular weight excluding hydrogens is 363 g/mol. The molecule has 2 N–H and O–H groups in total. The number of nitrogens with two attached hydrogens (primary N) is 1. The smallest absolute Gasteiger partial charge is 0.244 e. The van der Waals surface area contributed by atoms with E-state index < -0.39 is 15.8 Å². The molecule has 0 amide bonds. The van der Waals surface area contributed by atoms with Gasteiger partial charge in [-0.05, 0) is 47.3 Å². The molecule has 118 valence electrons. The number of nitrogens with zero attached hydrogens (tertiary/aromatic N) is 1. The van der Waals surface area contributed by atoms with Crippen molar-refractivity contribution in [3.8, 4) is 0 Å². The fourth-order valence-electron chi connectivity index (χ4n) is 2.25. The zero-order valence-electron chi connectivity index (χ0n) is 11.7. The van der Waals surface area contributed by atoms with Crippen LogP contribution in [0.2, 0.25) is 0 Å². The van der Waals surface area contributed by atoms with Crippen molar-refractivity contribution in [2.45, 2.75) is 30.3 Å². The lowest BCUT2D eigenvalue weighted by Crippen LogP contribution is -2.37. The second kappa shape index (κ2) is 6.60. The van der Waals surface area contributed by atoms with Crippen molar-refractivity contribution < 1.29 is 17.5 Å². The number of benzene rings is 1. The summed E-state index contributed by atoms with van der Waals surface area (Å²) >= 11 is 3.08. The van der Waals surface area contributed by atoms with E-state index in [0.717, 1.165) is 31.4 Å². The van der Waals surface area contributed by atoms with Gasteiger partial charge in [0.25, 0.3) is 0 Å². The third-order valence-corrected chi connectivity index (χ3v) is 6.26. The number of ether oxygens (including phenoxy) is 1. The van der Waals surface area contributed by atoms with E-state index in [0.29, 0.717) is 6.61 Å². The van der Waals surface area contributed by atoms with Gasteiger partial charge in [0.15, 0.2) is 0 Å². The Morgan fingerprint density at radius 2 is 2.19 bits per heavy atom. The molecule has 0 spiro atoms. The van der Waals surface area contributed by atoms with Crippen LogP contribution in [0, 0.1) is 5.82 Å². The van der Waals surface area contributed by atoms with Gasteiger partial charge in [0, 0.05) is 24.7 Å². The first kappa shape index (κ1) is 16.7. The standard InChI is InChI=1S/C13H18BrFN2O3S/c1-17(8-9-4-2-3-5-20-9)21(18,19)13-7-12(16)11(15)6-10(13)14/h6-7,9H,2-5,8,16H2,1H3. The lowest BCUT2D eigenvalue weighted by Gasteiger charge is -2.27. The Morgan fingerprint density at radius 3 is 2.81 bits per heavy atom. The number of anilines is 1. The summed E-state index contributed by atoms with van der Waals surface area (Å²) in [5, 5.41) is 0. The Balaban J connectivity index is 2.22. The van der Waals surface area contributed by atoms with Gasteiger partial charge in [-0.3, -0.25) is 0 Å². The van der Waals surface area contributed by atoms with Crippen molar-refractivity contribution in [1.29, 1.82) is 0 Å². The topological polar surface area (TPSA) is 72.6 Å². The van der Waals surface area contributed by atoms with Crippen molar-refractivity contribution in [2.75, 3.05) is 25.9 Å². The molecule has 0 aliphatic carbocycles. The van der Waals surface area contributed by atoms with Crippen LogP contribution in [-0.4, -0.2) is 39.0 Å². The molecule has 8 heteroatoms. The van der Waals surface area contributed by atoms with E-state index in [4.69, 9.17) is 10.5 Å². The predicted molar refractivity (Wildman–Crippen MR) is 81.9 cm³/mol. The van der Waals surface area contributed by atoms with Gasteiger partial charge in [-0.25, -0.2) is 12.8 Å². The molecule has 0 aromatic heterocycles. The van der Waals surface area contributed by atoms with Crippen molar-refractivity contribution in [3.63, 3.8) is 0 Å². The minimum atomic E-state index is -3.75. The van der Waals surface area contributed by atoms with Gasteiger partial charge in [-0.1, -0.05) is 0 Å². The molecule has 1 aromatic carbocycles. The molecule has 2 rings (SSSR count). The van der Waals surface area contributed by atoms with Crippen LogP contribution in [0.15, 0.2) is 21.5 Å². The zero-order valence-corrected chi connectivity index (χ0v) is 14.1. The van der Waals surface area contributed by atoms with Gasteiger partial charge in [0.1, 0.15) is 5.82 Å². The van der Waals surface area contributed by atoms with Gasteiger partial charge in [-0.15, -0.1) is 0 Å². The molecule has 1 saturated heterocycles. The molecule has 1 fully saturated rings. The maximum atomic E-state index is 13.3. The second-order valence-electron chi connectivity index (χ2n) is 5.08. The lowest BCUT2D eigenvalue weighted by atomic mass is 10.1. The normalized spacial score (nSPS) is 19.9. The van der Waals surface area contributed by atoms with Crippen LogP contribution in [0.1, 0.15) is 19.3 Å². The Morgan fingerprint density at radius 1 is 1.48 bits per heavy atom. The fourth-order valence-corrected chi connectivity index (χ4v) is 4.46. The largest absolute Gasteiger partial charge is 0.396 e. The summed E-state index contributed by atoms with van der Waals surface area (Å²) in [6, 6.07) is 2.19. The number of halogens is 2. The van der Waals surface area contributed by atoms with Crippen LogP contribution in [0.4, 0.5) is 10.1 Å². The van der Waals surface area contributed by atoms with E-state index in [-0.39, 0.29) is 27.7 Å². The molecule has 21 heavy (non-hydrogen) atoms. The van der Waals surface area contributed by atoms with Gasteiger partial charge >= 0.3 is 0 Å². The summed E-state index contributed by atoms with van der Waals surface area (Å²) in [5.41, 5.74) is 5.27. The molecular formula is C13H18BrFN2O3S. The van der Waals surface area contributed by atoms with E-state index in [1.807, 2.05) is 0 Å². The molecule has 0 bridgehead atoms. The zero-order chi connectivity index (χ0) is 15.6. The monoisotopic (exact) mass is 380 g/mol. The Labute approximate surface area is 132 Å². The highest BCUT2D eigenvalue weighted by molar-refractivity contribution is 9.10. The highest BCUT2D eigenvalue weighted by Gasteiger charge is 2.27. The van der Waals surface area contributed by atoms with Gasteiger partial charge in [0.05, 0.1) is 16.7 Å². The second-order valence-corrected chi connectivity index (χ2v) is 7.95. The minimum Gasteiger partial charge on any atom is -0.396 e. The SMILES string of the molecule is CN(CC1CCCCO1)S(=O)(=O)c1cc(N)c(F)cc1Br. The average Bonchev–Trinajstić information content (AvgIpc) is 2.43. The first-order chi connectivity index (χ1) is 9.82. The van der Waals surface area contributed by atoms with Crippen molar-refractivity contribution >= 4 is 31.6 Å². The number of hydrogen-bond donors (Lipinski definition) is 1. The first-order valence-corrected chi connectivity index (χ1v) is 8.88. The molecule has 0 saturated carbocycles. The molecule has 1 aromatic rings. The van der Waals surface area contributed by atoms with Crippen LogP contribution >= 0.6 is 15.9 Å². The Kier molecular flexibility index (Phi) is 5.24. The molecule has 1 atom stereocenters. The van der Waals surface area contributed by atoms with Gasteiger partial charge in [-0.2, -0.15) is 4.31 Å². The number of sulfonamides is 1. The van der Waals surface area contributed by atoms with E-state index in [2.05, 4.69) is 15.9 Å². The molecule has 1 heterocycles. The summed E-state index contributed by atoms with van der Waals surface area (Å²) < 4.78 is 45.4. The van der Waals surface area contributed by atoms with E-state index >= 15 is 0 Å². The summed E-state index contributed by atoms with van der Waals surface area (Å²) in [7, 11) is -2.26. The predicted octanol–water partition coefficient (Wildman–Crippen LogP) is 2.36. The summed E-state index contributed by atoms with van der Waals surface area (Å²) in [6.45, 7) is 0.928. The van der Waals surface area contributed by atoms with Crippen LogP contribution in [0.25, 0.3) is 0 Å². The first-order valence-electron chi connectivity index (χ1n) is 6.65. The Hall–Kier alpha value is -0.700. The van der Waals surface area contributed by atoms with Crippen LogP contribution < -0.4 is 5.73 Å². The van der Waals surface area contributed by atoms with Crippen LogP contribution in [0.5, 0.6) is 0 Å². The van der Waals surface area contributed by atoms with E-state index in [1.165, 1.54) is 11.4 Å². The number of hydrogen-bond acceptors (Lipinski definition) is 4. The maximum Gasteiger partial charge on any atom is 0.244 e. The highest BCUT2D eigenvalue weighted by Crippen LogP contribution is 2.29. The molecule has 1 unspecified atom stereocenters. The summed E-state index contributed by atoms with van der Waals surface area (Å²) in [6.07, 6.45) is 2.78. The molecule has 1 aliphatic heterocycles. The quantitative estimate of drug-likeness (QED) is 0.813. The van der Waals surface area contributed by atoms with Crippen molar-refractivity contribution in [2.24, 2.45) is 0 Å². The minimum absolute atomic E-state index is 0.0419. The molecule has 1 aliphatic rings.